The Labute approximate surface area is 125 Å². The molecule has 0 bridgehead atoms. The van der Waals surface area contributed by atoms with Gasteiger partial charge in [0.25, 0.3) is 0 Å². The van der Waals surface area contributed by atoms with E-state index in [0.29, 0.717) is 17.9 Å². The second-order valence-electron chi connectivity index (χ2n) is 5.42. The summed E-state index contributed by atoms with van der Waals surface area (Å²) in [7, 11) is 0. The van der Waals surface area contributed by atoms with Gasteiger partial charge in [-0.15, -0.1) is 0 Å². The van der Waals surface area contributed by atoms with E-state index in [1.165, 1.54) is 6.92 Å². The quantitative estimate of drug-likeness (QED) is 0.805. The molecular weight excluding hydrogens is 268 g/mol. The van der Waals surface area contributed by atoms with Crippen LogP contribution in [0.1, 0.15) is 30.1 Å². The first-order chi connectivity index (χ1) is 10.1. The van der Waals surface area contributed by atoms with Crippen molar-refractivity contribution in [1.29, 1.82) is 0 Å². The number of para-hydroxylation sites is 1. The van der Waals surface area contributed by atoms with Crippen molar-refractivity contribution in [2.75, 3.05) is 26.2 Å². The Morgan fingerprint density at radius 2 is 1.95 bits per heavy atom. The van der Waals surface area contributed by atoms with Crippen molar-refractivity contribution >= 4 is 11.7 Å². The molecule has 1 heterocycles. The molecule has 1 amide bonds. The number of rotatable bonds is 6. The molecular formula is C16H22N2O3. The van der Waals surface area contributed by atoms with Crippen molar-refractivity contribution < 1.29 is 14.3 Å². The Balaban J connectivity index is 1.78. The standard InChI is InChI=1S/C16H22N2O3/c1-12(19)14-4-2-3-5-15(14)21-11-10-18-8-6-13(7-9-18)16(17)20/h2-5,13H,6-11H2,1H3,(H2,17,20). The molecule has 0 spiro atoms. The summed E-state index contributed by atoms with van der Waals surface area (Å²) in [6.45, 7) is 4.59. The van der Waals surface area contributed by atoms with E-state index in [1.807, 2.05) is 18.2 Å². The number of ether oxygens (including phenoxy) is 1. The van der Waals surface area contributed by atoms with Crippen molar-refractivity contribution in [1.82, 2.24) is 4.90 Å². The van der Waals surface area contributed by atoms with Gasteiger partial charge in [-0.05, 0) is 45.0 Å². The van der Waals surface area contributed by atoms with E-state index >= 15 is 0 Å². The number of benzene rings is 1. The molecule has 1 aromatic carbocycles. The van der Waals surface area contributed by atoms with Crippen molar-refractivity contribution in [3.05, 3.63) is 29.8 Å². The molecule has 2 rings (SSSR count). The van der Waals surface area contributed by atoms with Gasteiger partial charge in [0, 0.05) is 12.5 Å². The monoisotopic (exact) mass is 290 g/mol. The normalized spacial score (nSPS) is 16.6. The Bertz CT molecular complexity index is 508. The first kappa shape index (κ1) is 15.5. The summed E-state index contributed by atoms with van der Waals surface area (Å²) >= 11 is 0. The maximum atomic E-state index is 11.5. The molecule has 0 aliphatic carbocycles. The number of amides is 1. The predicted molar refractivity (Wildman–Crippen MR) is 80.3 cm³/mol. The zero-order chi connectivity index (χ0) is 15.2. The molecule has 21 heavy (non-hydrogen) atoms. The third-order valence-electron chi connectivity index (χ3n) is 3.92. The lowest BCUT2D eigenvalue weighted by Crippen LogP contribution is -2.40. The molecule has 5 nitrogen and oxygen atoms in total. The van der Waals surface area contributed by atoms with E-state index in [4.69, 9.17) is 10.5 Å². The van der Waals surface area contributed by atoms with Crippen molar-refractivity contribution in [3.8, 4) is 5.75 Å². The minimum Gasteiger partial charge on any atom is -0.491 e. The number of carbonyl (C=O) groups excluding carboxylic acids is 2. The SMILES string of the molecule is CC(=O)c1ccccc1OCCN1CCC(C(N)=O)CC1. The lowest BCUT2D eigenvalue weighted by molar-refractivity contribution is -0.123. The van der Waals surface area contributed by atoms with E-state index in [9.17, 15) is 9.59 Å². The first-order valence-corrected chi connectivity index (χ1v) is 7.32. The number of ketones is 1. The number of hydrogen-bond acceptors (Lipinski definition) is 4. The van der Waals surface area contributed by atoms with Crippen LogP contribution in [0.2, 0.25) is 0 Å². The fourth-order valence-corrected chi connectivity index (χ4v) is 2.61. The van der Waals surface area contributed by atoms with Crippen LogP contribution in [0.3, 0.4) is 0 Å². The maximum absolute atomic E-state index is 11.5. The minimum atomic E-state index is -0.193. The molecule has 1 aliphatic rings. The largest absolute Gasteiger partial charge is 0.491 e. The molecule has 1 fully saturated rings. The minimum absolute atomic E-state index is 0.00729. The highest BCUT2D eigenvalue weighted by Gasteiger charge is 2.22. The lowest BCUT2D eigenvalue weighted by atomic mass is 9.96. The van der Waals surface area contributed by atoms with Gasteiger partial charge in [-0.25, -0.2) is 0 Å². The molecule has 1 aliphatic heterocycles. The van der Waals surface area contributed by atoms with Crippen LogP contribution >= 0.6 is 0 Å². The molecule has 0 atom stereocenters. The summed E-state index contributed by atoms with van der Waals surface area (Å²) in [5, 5.41) is 0. The van der Waals surface area contributed by atoms with Gasteiger partial charge >= 0.3 is 0 Å². The number of piperidine rings is 1. The molecule has 2 N–H and O–H groups in total. The van der Waals surface area contributed by atoms with Crippen LogP contribution < -0.4 is 10.5 Å². The van der Waals surface area contributed by atoms with E-state index < -0.39 is 0 Å². The molecule has 1 saturated heterocycles. The summed E-state index contributed by atoms with van der Waals surface area (Å²) in [6.07, 6.45) is 1.64. The van der Waals surface area contributed by atoms with Crippen LogP contribution in [0.25, 0.3) is 0 Å². The maximum Gasteiger partial charge on any atom is 0.220 e. The Morgan fingerprint density at radius 1 is 1.29 bits per heavy atom. The average molecular weight is 290 g/mol. The molecule has 114 valence electrons. The van der Waals surface area contributed by atoms with Gasteiger partial charge in [0.2, 0.25) is 5.91 Å². The van der Waals surface area contributed by atoms with Crippen LogP contribution in [-0.2, 0) is 4.79 Å². The summed E-state index contributed by atoms with van der Waals surface area (Å²) in [5.41, 5.74) is 5.94. The lowest BCUT2D eigenvalue weighted by Gasteiger charge is -2.30. The summed E-state index contributed by atoms with van der Waals surface area (Å²) in [5.74, 6) is 0.465. The fraction of sp³-hybridized carbons (Fsp3) is 0.500. The van der Waals surface area contributed by atoms with Gasteiger partial charge in [-0.2, -0.15) is 0 Å². The van der Waals surface area contributed by atoms with Crippen LogP contribution in [-0.4, -0.2) is 42.8 Å². The average Bonchev–Trinajstić information content (AvgIpc) is 2.48. The highest BCUT2D eigenvalue weighted by molar-refractivity contribution is 5.96. The molecule has 1 aromatic rings. The predicted octanol–water partition coefficient (Wildman–Crippen LogP) is 1.47. The number of hydrogen-bond donors (Lipinski definition) is 1. The highest BCUT2D eigenvalue weighted by Crippen LogP contribution is 2.19. The number of carbonyl (C=O) groups is 2. The Hall–Kier alpha value is -1.88. The van der Waals surface area contributed by atoms with Gasteiger partial charge in [0.15, 0.2) is 5.78 Å². The van der Waals surface area contributed by atoms with Crippen molar-refractivity contribution in [2.24, 2.45) is 11.7 Å². The van der Waals surface area contributed by atoms with E-state index in [0.717, 1.165) is 32.5 Å². The van der Waals surface area contributed by atoms with E-state index in [2.05, 4.69) is 4.90 Å². The second-order valence-corrected chi connectivity index (χ2v) is 5.42. The number of nitrogens with two attached hydrogens (primary N) is 1. The van der Waals surface area contributed by atoms with E-state index in [1.54, 1.807) is 6.07 Å². The third kappa shape index (κ3) is 4.29. The zero-order valence-corrected chi connectivity index (χ0v) is 12.4. The van der Waals surface area contributed by atoms with E-state index in [-0.39, 0.29) is 17.6 Å². The topological polar surface area (TPSA) is 72.6 Å². The van der Waals surface area contributed by atoms with Crippen LogP contribution in [0.4, 0.5) is 0 Å². The molecule has 0 saturated carbocycles. The smallest absolute Gasteiger partial charge is 0.220 e. The van der Waals surface area contributed by atoms with Gasteiger partial charge in [-0.1, -0.05) is 12.1 Å². The number of Topliss-reactive ketones (excluding diaryl/α,β-unsaturated/α-hetero) is 1. The molecule has 0 radical (unpaired) electrons. The highest BCUT2D eigenvalue weighted by atomic mass is 16.5. The summed E-state index contributed by atoms with van der Waals surface area (Å²) in [4.78, 5) is 24.9. The van der Waals surface area contributed by atoms with Gasteiger partial charge in [0.1, 0.15) is 12.4 Å². The second kappa shape index (κ2) is 7.22. The molecule has 5 heteroatoms. The van der Waals surface area contributed by atoms with Crippen LogP contribution in [0, 0.1) is 5.92 Å². The van der Waals surface area contributed by atoms with Crippen molar-refractivity contribution in [2.45, 2.75) is 19.8 Å². The fourth-order valence-electron chi connectivity index (χ4n) is 2.61. The molecule has 0 aromatic heterocycles. The van der Waals surface area contributed by atoms with Crippen LogP contribution in [0.15, 0.2) is 24.3 Å². The number of nitrogens with zero attached hydrogens (tertiary/aromatic N) is 1. The third-order valence-corrected chi connectivity index (χ3v) is 3.92. The van der Waals surface area contributed by atoms with Gasteiger partial charge in [-0.3, -0.25) is 14.5 Å². The first-order valence-electron chi connectivity index (χ1n) is 7.32. The summed E-state index contributed by atoms with van der Waals surface area (Å²) in [6, 6.07) is 7.28. The Kier molecular flexibility index (Phi) is 5.33. The van der Waals surface area contributed by atoms with Gasteiger partial charge < -0.3 is 10.5 Å². The zero-order valence-electron chi connectivity index (χ0n) is 12.4. The number of primary amides is 1. The number of likely N-dealkylation sites (tertiary alicyclic amines) is 1. The van der Waals surface area contributed by atoms with Crippen LogP contribution in [0.5, 0.6) is 5.75 Å². The Morgan fingerprint density at radius 3 is 2.57 bits per heavy atom. The summed E-state index contributed by atoms with van der Waals surface area (Å²) < 4.78 is 5.72. The van der Waals surface area contributed by atoms with Gasteiger partial charge in [0.05, 0.1) is 5.56 Å². The molecule has 0 unspecified atom stereocenters. The van der Waals surface area contributed by atoms with Crippen molar-refractivity contribution in [3.63, 3.8) is 0 Å².